The Morgan fingerprint density at radius 2 is 1.88 bits per heavy atom. The summed E-state index contributed by atoms with van der Waals surface area (Å²) < 4.78 is 5.81. The highest BCUT2D eigenvalue weighted by Crippen LogP contribution is 2.23. The third kappa shape index (κ3) is 5.35. The van der Waals surface area contributed by atoms with Crippen molar-refractivity contribution in [1.29, 1.82) is 0 Å². The van der Waals surface area contributed by atoms with E-state index in [1.54, 1.807) is 13.2 Å². The predicted molar refractivity (Wildman–Crippen MR) is 108 cm³/mol. The molecule has 2 aromatic rings. The van der Waals surface area contributed by atoms with E-state index in [0.717, 1.165) is 18.3 Å². The largest absolute Gasteiger partial charge is 0.443 e. The minimum absolute atomic E-state index is 0.00796. The van der Waals surface area contributed by atoms with E-state index in [-0.39, 0.29) is 10.8 Å². The zero-order valence-electron chi connectivity index (χ0n) is 17.1. The van der Waals surface area contributed by atoms with Crippen molar-refractivity contribution < 1.29 is 4.42 Å². The molecule has 0 fully saturated rings. The number of oxazole rings is 1. The maximum absolute atomic E-state index is 5.81. The number of nitrogens with zero attached hydrogens (tertiary/aromatic N) is 2. The van der Waals surface area contributed by atoms with E-state index in [0.29, 0.717) is 12.4 Å². The molecule has 0 unspecified atom stereocenters. The second-order valence-electron chi connectivity index (χ2n) is 8.40. The normalized spacial score (nSPS) is 13.0. The van der Waals surface area contributed by atoms with E-state index < -0.39 is 0 Å². The lowest BCUT2D eigenvalue weighted by Crippen LogP contribution is -2.43. The molecule has 0 aliphatic heterocycles. The lowest BCUT2D eigenvalue weighted by Gasteiger charge is -2.27. The standard InChI is InChI=1S/C21H32N4O/c1-15-9-8-10-16(11-15)21(5,6)14-25-19(22-7)24-13-18-23-12-17(26-18)20(2,3)4/h8-12H,13-14H2,1-7H3,(H2,22,24,25). The first-order valence-electron chi connectivity index (χ1n) is 9.09. The zero-order valence-corrected chi connectivity index (χ0v) is 17.1. The van der Waals surface area contributed by atoms with E-state index in [9.17, 15) is 0 Å². The van der Waals surface area contributed by atoms with Gasteiger partial charge < -0.3 is 15.1 Å². The van der Waals surface area contributed by atoms with Crippen LogP contribution in [0.2, 0.25) is 0 Å². The molecule has 0 aliphatic rings. The summed E-state index contributed by atoms with van der Waals surface area (Å²) in [7, 11) is 1.77. The first kappa shape index (κ1) is 20.0. The van der Waals surface area contributed by atoms with Crippen LogP contribution in [-0.4, -0.2) is 24.5 Å². The van der Waals surface area contributed by atoms with Gasteiger partial charge in [-0.3, -0.25) is 4.99 Å². The van der Waals surface area contributed by atoms with Gasteiger partial charge in [0.2, 0.25) is 5.89 Å². The summed E-state index contributed by atoms with van der Waals surface area (Å²) in [6.45, 7) is 14.2. The maximum atomic E-state index is 5.81. The van der Waals surface area contributed by atoms with Gasteiger partial charge in [0.15, 0.2) is 5.96 Å². The van der Waals surface area contributed by atoms with Crippen LogP contribution in [0.25, 0.3) is 0 Å². The summed E-state index contributed by atoms with van der Waals surface area (Å²) >= 11 is 0. The van der Waals surface area contributed by atoms with Gasteiger partial charge in [0, 0.05) is 24.4 Å². The topological polar surface area (TPSA) is 62.5 Å². The Morgan fingerprint density at radius 3 is 2.46 bits per heavy atom. The van der Waals surface area contributed by atoms with E-state index in [2.05, 4.69) is 86.4 Å². The number of aromatic nitrogens is 1. The van der Waals surface area contributed by atoms with Gasteiger partial charge in [0.25, 0.3) is 0 Å². The van der Waals surface area contributed by atoms with Crippen LogP contribution < -0.4 is 10.6 Å². The molecule has 0 atom stereocenters. The Hall–Kier alpha value is -2.30. The Labute approximate surface area is 157 Å². The molecule has 0 bridgehead atoms. The van der Waals surface area contributed by atoms with Crippen LogP contribution in [0.1, 0.15) is 57.4 Å². The van der Waals surface area contributed by atoms with E-state index in [1.165, 1.54) is 11.1 Å². The fraction of sp³-hybridized carbons (Fsp3) is 0.524. The molecule has 0 saturated heterocycles. The highest BCUT2D eigenvalue weighted by molar-refractivity contribution is 5.79. The summed E-state index contributed by atoms with van der Waals surface area (Å²) in [5.41, 5.74) is 2.54. The van der Waals surface area contributed by atoms with Crippen molar-refractivity contribution in [3.05, 3.63) is 53.2 Å². The average molecular weight is 357 g/mol. The number of benzene rings is 1. The average Bonchev–Trinajstić information content (AvgIpc) is 3.04. The van der Waals surface area contributed by atoms with Gasteiger partial charge in [-0.1, -0.05) is 64.4 Å². The van der Waals surface area contributed by atoms with Crippen molar-refractivity contribution in [2.24, 2.45) is 4.99 Å². The molecule has 1 aromatic carbocycles. The lowest BCUT2D eigenvalue weighted by molar-refractivity contribution is 0.379. The molecule has 2 rings (SSSR count). The minimum Gasteiger partial charge on any atom is -0.443 e. The highest BCUT2D eigenvalue weighted by atomic mass is 16.4. The van der Waals surface area contributed by atoms with Crippen LogP contribution in [0.3, 0.4) is 0 Å². The Balaban J connectivity index is 1.92. The molecule has 142 valence electrons. The summed E-state index contributed by atoms with van der Waals surface area (Å²) in [5.74, 6) is 2.29. The van der Waals surface area contributed by atoms with Crippen LogP contribution in [0.4, 0.5) is 0 Å². The number of hydrogen-bond acceptors (Lipinski definition) is 3. The SMILES string of the molecule is CN=C(NCc1ncc(C(C)(C)C)o1)NCC(C)(C)c1cccc(C)c1. The fourth-order valence-electron chi connectivity index (χ4n) is 2.59. The van der Waals surface area contributed by atoms with Crippen molar-refractivity contribution in [2.45, 2.75) is 58.9 Å². The van der Waals surface area contributed by atoms with Crippen LogP contribution >= 0.6 is 0 Å². The van der Waals surface area contributed by atoms with Gasteiger partial charge in [0.1, 0.15) is 5.76 Å². The Bertz CT molecular complexity index is 753. The summed E-state index contributed by atoms with van der Waals surface area (Å²) in [6, 6.07) is 8.63. The molecule has 5 heteroatoms. The van der Waals surface area contributed by atoms with Gasteiger partial charge in [-0.05, 0) is 12.5 Å². The second-order valence-corrected chi connectivity index (χ2v) is 8.40. The smallest absolute Gasteiger partial charge is 0.213 e. The predicted octanol–water partition coefficient (Wildman–Crippen LogP) is 3.92. The third-order valence-corrected chi connectivity index (χ3v) is 4.42. The van der Waals surface area contributed by atoms with Gasteiger partial charge in [-0.2, -0.15) is 0 Å². The molecule has 5 nitrogen and oxygen atoms in total. The van der Waals surface area contributed by atoms with Gasteiger partial charge in [0.05, 0.1) is 12.7 Å². The van der Waals surface area contributed by atoms with Crippen molar-refractivity contribution >= 4 is 5.96 Å². The number of nitrogens with one attached hydrogen (secondary N) is 2. The van der Waals surface area contributed by atoms with E-state index in [4.69, 9.17) is 4.42 Å². The van der Waals surface area contributed by atoms with E-state index in [1.807, 2.05) is 0 Å². The van der Waals surface area contributed by atoms with Gasteiger partial charge in [-0.25, -0.2) is 4.98 Å². The molecule has 1 heterocycles. The Kier molecular flexibility index (Phi) is 6.11. The number of hydrogen-bond donors (Lipinski definition) is 2. The number of aryl methyl sites for hydroxylation is 1. The molecule has 0 amide bonds. The fourth-order valence-corrected chi connectivity index (χ4v) is 2.59. The van der Waals surface area contributed by atoms with Crippen molar-refractivity contribution in [2.75, 3.05) is 13.6 Å². The van der Waals surface area contributed by atoms with Crippen LogP contribution in [0, 0.1) is 6.92 Å². The van der Waals surface area contributed by atoms with Crippen molar-refractivity contribution in [3.63, 3.8) is 0 Å². The van der Waals surface area contributed by atoms with Gasteiger partial charge in [-0.15, -0.1) is 0 Å². The number of aliphatic imine (C=N–C) groups is 1. The Morgan fingerprint density at radius 1 is 1.15 bits per heavy atom. The minimum atomic E-state index is -0.0387. The summed E-state index contributed by atoms with van der Waals surface area (Å²) in [6.07, 6.45) is 1.80. The molecule has 2 N–H and O–H groups in total. The molecule has 0 spiro atoms. The monoisotopic (exact) mass is 356 g/mol. The third-order valence-electron chi connectivity index (χ3n) is 4.42. The second kappa shape index (κ2) is 7.94. The molecule has 0 saturated carbocycles. The number of guanidine groups is 1. The molecule has 1 aromatic heterocycles. The van der Waals surface area contributed by atoms with Crippen LogP contribution in [0.15, 0.2) is 39.9 Å². The van der Waals surface area contributed by atoms with Crippen molar-refractivity contribution in [3.8, 4) is 0 Å². The number of rotatable bonds is 5. The van der Waals surface area contributed by atoms with Crippen molar-refractivity contribution in [1.82, 2.24) is 15.6 Å². The van der Waals surface area contributed by atoms with Gasteiger partial charge >= 0.3 is 0 Å². The van der Waals surface area contributed by atoms with Crippen LogP contribution in [-0.2, 0) is 17.4 Å². The lowest BCUT2D eigenvalue weighted by atomic mass is 9.84. The molecular weight excluding hydrogens is 324 g/mol. The van der Waals surface area contributed by atoms with E-state index >= 15 is 0 Å². The first-order valence-corrected chi connectivity index (χ1v) is 9.09. The molecule has 0 radical (unpaired) electrons. The first-order chi connectivity index (χ1) is 12.1. The molecular formula is C21H32N4O. The molecule has 26 heavy (non-hydrogen) atoms. The molecule has 0 aliphatic carbocycles. The zero-order chi connectivity index (χ0) is 19.4. The maximum Gasteiger partial charge on any atom is 0.213 e. The quantitative estimate of drug-likeness (QED) is 0.629. The van der Waals surface area contributed by atoms with Crippen LogP contribution in [0.5, 0.6) is 0 Å². The summed E-state index contributed by atoms with van der Waals surface area (Å²) in [4.78, 5) is 8.64. The summed E-state index contributed by atoms with van der Waals surface area (Å²) in [5, 5.41) is 6.67. The highest BCUT2D eigenvalue weighted by Gasteiger charge is 2.22.